The smallest absolute Gasteiger partial charge is 0.271 e. The summed E-state index contributed by atoms with van der Waals surface area (Å²) in [7, 11) is 4.02. The van der Waals surface area contributed by atoms with Crippen LogP contribution < -0.4 is 10.2 Å². The molecule has 1 N–H and O–H groups in total. The molecule has 0 saturated heterocycles. The lowest BCUT2D eigenvalue weighted by Gasteiger charge is -2.21. The van der Waals surface area contributed by atoms with E-state index in [1.54, 1.807) is 6.07 Å². The predicted molar refractivity (Wildman–Crippen MR) is 96.7 cm³/mol. The zero-order valence-corrected chi connectivity index (χ0v) is 14.6. The van der Waals surface area contributed by atoms with Gasteiger partial charge in [-0.15, -0.1) is 10.2 Å². The Morgan fingerprint density at radius 1 is 1.08 bits per heavy atom. The molecule has 0 aliphatic rings. The third kappa shape index (κ3) is 5.03. The van der Waals surface area contributed by atoms with Crippen molar-refractivity contribution in [3.8, 4) is 0 Å². The summed E-state index contributed by atoms with van der Waals surface area (Å²) >= 11 is 0. The number of carbonyl (C=O) groups is 1. The van der Waals surface area contributed by atoms with Crippen molar-refractivity contribution in [3.63, 3.8) is 0 Å². The molecule has 1 aromatic heterocycles. The minimum atomic E-state index is -0.185. The van der Waals surface area contributed by atoms with Gasteiger partial charge in [0.2, 0.25) is 0 Å². The minimum Gasteiger partial charge on any atom is -0.351 e. The number of amides is 1. The number of aromatic nitrogens is 2. The lowest BCUT2D eigenvalue weighted by atomic mass is 10.2. The molecule has 6 nitrogen and oxygen atoms in total. The number of anilines is 2. The molecule has 0 radical (unpaired) electrons. The van der Waals surface area contributed by atoms with Crippen molar-refractivity contribution in [2.75, 3.05) is 38.6 Å². The van der Waals surface area contributed by atoms with Gasteiger partial charge in [0.25, 0.3) is 5.91 Å². The molecule has 0 saturated carbocycles. The van der Waals surface area contributed by atoms with Gasteiger partial charge in [-0.3, -0.25) is 4.79 Å². The van der Waals surface area contributed by atoms with Gasteiger partial charge in [-0.1, -0.05) is 18.2 Å². The zero-order chi connectivity index (χ0) is 17.4. The quantitative estimate of drug-likeness (QED) is 0.754. The van der Waals surface area contributed by atoms with E-state index < -0.39 is 0 Å². The highest BCUT2D eigenvalue weighted by atomic mass is 16.1. The van der Waals surface area contributed by atoms with Crippen molar-refractivity contribution in [3.05, 3.63) is 48.2 Å². The molecular weight excluding hydrogens is 302 g/mol. The van der Waals surface area contributed by atoms with Crippen LogP contribution in [0.1, 0.15) is 23.8 Å². The van der Waals surface area contributed by atoms with Crippen LogP contribution in [0.2, 0.25) is 0 Å². The average Bonchev–Trinajstić information content (AvgIpc) is 2.60. The van der Waals surface area contributed by atoms with Crippen molar-refractivity contribution in [2.45, 2.75) is 13.3 Å². The monoisotopic (exact) mass is 327 g/mol. The van der Waals surface area contributed by atoms with E-state index in [1.165, 1.54) is 0 Å². The van der Waals surface area contributed by atoms with Gasteiger partial charge in [-0.2, -0.15) is 0 Å². The minimum absolute atomic E-state index is 0.185. The number of hydrogen-bond acceptors (Lipinski definition) is 5. The van der Waals surface area contributed by atoms with Crippen LogP contribution >= 0.6 is 0 Å². The largest absolute Gasteiger partial charge is 0.351 e. The second kappa shape index (κ2) is 8.98. The first-order chi connectivity index (χ1) is 11.6. The fourth-order valence-corrected chi connectivity index (χ4v) is 2.36. The zero-order valence-electron chi connectivity index (χ0n) is 14.6. The Kier molecular flexibility index (Phi) is 6.69. The first-order valence-electron chi connectivity index (χ1n) is 8.21. The summed E-state index contributed by atoms with van der Waals surface area (Å²) in [5.41, 5.74) is 1.39. The molecule has 0 fully saturated rings. The molecule has 1 aromatic carbocycles. The van der Waals surface area contributed by atoms with E-state index in [1.807, 2.05) is 55.4 Å². The number of hydrogen-bond donors (Lipinski definition) is 1. The summed E-state index contributed by atoms with van der Waals surface area (Å²) in [6, 6.07) is 13.6. The fourth-order valence-electron chi connectivity index (χ4n) is 2.36. The second-order valence-electron chi connectivity index (χ2n) is 5.77. The van der Waals surface area contributed by atoms with Gasteiger partial charge in [0.15, 0.2) is 11.5 Å². The van der Waals surface area contributed by atoms with Crippen molar-refractivity contribution < 1.29 is 4.79 Å². The lowest BCUT2D eigenvalue weighted by Crippen LogP contribution is -2.28. The van der Waals surface area contributed by atoms with E-state index in [9.17, 15) is 4.79 Å². The Morgan fingerprint density at radius 3 is 2.42 bits per heavy atom. The van der Waals surface area contributed by atoms with Crippen molar-refractivity contribution in [2.24, 2.45) is 0 Å². The third-order valence-electron chi connectivity index (χ3n) is 3.61. The third-order valence-corrected chi connectivity index (χ3v) is 3.61. The standard InChI is InChI=1S/C18H25N5O/c1-4-23(15-9-6-5-7-10-15)17-12-11-16(20-21-17)18(24)19-13-8-14-22(2)3/h5-7,9-12H,4,8,13-14H2,1-3H3,(H,19,24). The van der Waals surface area contributed by atoms with Crippen LogP contribution in [0.25, 0.3) is 0 Å². The molecule has 2 aromatic rings. The first kappa shape index (κ1) is 17.9. The van der Waals surface area contributed by atoms with E-state index in [4.69, 9.17) is 0 Å². The molecule has 0 aliphatic carbocycles. The normalized spacial score (nSPS) is 10.7. The SMILES string of the molecule is CCN(c1ccccc1)c1ccc(C(=O)NCCCN(C)C)nn1. The summed E-state index contributed by atoms with van der Waals surface area (Å²) in [4.78, 5) is 16.2. The van der Waals surface area contributed by atoms with Crippen LogP contribution in [-0.2, 0) is 0 Å². The molecule has 0 aliphatic heterocycles. The Bertz CT molecular complexity index is 628. The molecule has 2 rings (SSSR count). The molecule has 1 amide bonds. The predicted octanol–water partition coefficient (Wildman–Crippen LogP) is 2.32. The molecule has 0 spiro atoms. The highest BCUT2D eigenvalue weighted by molar-refractivity contribution is 5.92. The number of nitrogens with zero attached hydrogens (tertiary/aromatic N) is 4. The number of para-hydroxylation sites is 1. The van der Waals surface area contributed by atoms with Gasteiger partial charge in [0.05, 0.1) is 0 Å². The van der Waals surface area contributed by atoms with E-state index in [0.717, 1.165) is 31.0 Å². The molecule has 1 heterocycles. The Labute approximate surface area is 143 Å². The molecule has 0 bridgehead atoms. The maximum atomic E-state index is 12.1. The topological polar surface area (TPSA) is 61.4 Å². The van der Waals surface area contributed by atoms with Crippen LogP contribution in [-0.4, -0.2) is 54.7 Å². The molecule has 0 unspecified atom stereocenters. The highest BCUT2D eigenvalue weighted by Gasteiger charge is 2.12. The van der Waals surface area contributed by atoms with Crippen LogP contribution in [0.15, 0.2) is 42.5 Å². The first-order valence-corrected chi connectivity index (χ1v) is 8.21. The van der Waals surface area contributed by atoms with E-state index in [2.05, 4.69) is 27.3 Å². The van der Waals surface area contributed by atoms with E-state index in [0.29, 0.717) is 12.2 Å². The summed E-state index contributed by atoms with van der Waals surface area (Å²) in [6.45, 7) is 4.40. The van der Waals surface area contributed by atoms with Crippen LogP contribution in [0.3, 0.4) is 0 Å². The number of benzene rings is 1. The average molecular weight is 327 g/mol. The summed E-state index contributed by atoms with van der Waals surface area (Å²) in [5.74, 6) is 0.545. The Morgan fingerprint density at radius 2 is 1.83 bits per heavy atom. The fraction of sp³-hybridized carbons (Fsp3) is 0.389. The Balaban J connectivity index is 1.98. The van der Waals surface area contributed by atoms with Crippen LogP contribution in [0.4, 0.5) is 11.5 Å². The molecule has 6 heteroatoms. The van der Waals surface area contributed by atoms with Crippen LogP contribution in [0, 0.1) is 0 Å². The molecule has 24 heavy (non-hydrogen) atoms. The maximum Gasteiger partial charge on any atom is 0.271 e. The van der Waals surface area contributed by atoms with Crippen molar-refractivity contribution in [1.82, 2.24) is 20.4 Å². The lowest BCUT2D eigenvalue weighted by molar-refractivity contribution is 0.0946. The van der Waals surface area contributed by atoms with E-state index >= 15 is 0 Å². The van der Waals surface area contributed by atoms with Gasteiger partial charge in [-0.25, -0.2) is 0 Å². The number of nitrogens with one attached hydrogen (secondary N) is 1. The molecular formula is C18H25N5O. The van der Waals surface area contributed by atoms with Crippen LogP contribution in [0.5, 0.6) is 0 Å². The van der Waals surface area contributed by atoms with Crippen molar-refractivity contribution >= 4 is 17.4 Å². The summed E-state index contributed by atoms with van der Waals surface area (Å²) < 4.78 is 0. The summed E-state index contributed by atoms with van der Waals surface area (Å²) in [6.07, 6.45) is 0.905. The van der Waals surface area contributed by atoms with Gasteiger partial charge in [0, 0.05) is 18.8 Å². The van der Waals surface area contributed by atoms with Gasteiger partial charge < -0.3 is 15.1 Å². The molecule has 0 atom stereocenters. The Hall–Kier alpha value is -2.47. The van der Waals surface area contributed by atoms with Gasteiger partial charge in [-0.05, 0) is 58.3 Å². The van der Waals surface area contributed by atoms with E-state index in [-0.39, 0.29) is 5.91 Å². The highest BCUT2D eigenvalue weighted by Crippen LogP contribution is 2.21. The number of rotatable bonds is 8. The summed E-state index contributed by atoms with van der Waals surface area (Å²) in [5, 5.41) is 11.2. The van der Waals surface area contributed by atoms with Gasteiger partial charge in [0.1, 0.15) is 0 Å². The van der Waals surface area contributed by atoms with Crippen molar-refractivity contribution in [1.29, 1.82) is 0 Å². The second-order valence-corrected chi connectivity index (χ2v) is 5.77. The molecule has 128 valence electrons. The maximum absolute atomic E-state index is 12.1. The number of carbonyl (C=O) groups excluding carboxylic acids is 1. The van der Waals surface area contributed by atoms with Gasteiger partial charge >= 0.3 is 0 Å².